The Labute approximate surface area is 131 Å². The van der Waals surface area contributed by atoms with Crippen molar-refractivity contribution in [1.29, 1.82) is 0 Å². The first-order valence-electron chi connectivity index (χ1n) is 6.27. The van der Waals surface area contributed by atoms with Gasteiger partial charge in [-0.05, 0) is 48.5 Å². The van der Waals surface area contributed by atoms with E-state index in [1.807, 2.05) is 35.7 Å². The number of thiophene rings is 1. The van der Waals surface area contributed by atoms with E-state index in [2.05, 4.69) is 15.3 Å². The first kappa shape index (κ1) is 14.5. The van der Waals surface area contributed by atoms with Crippen molar-refractivity contribution < 1.29 is 4.57 Å². The van der Waals surface area contributed by atoms with Crippen LogP contribution in [0.25, 0.3) is 10.2 Å². The van der Waals surface area contributed by atoms with Crippen LogP contribution in [0.3, 0.4) is 0 Å². The van der Waals surface area contributed by atoms with Gasteiger partial charge in [0.2, 0.25) is 5.28 Å². The summed E-state index contributed by atoms with van der Waals surface area (Å²) >= 11 is 7.50. The monoisotopic (exact) mass is 337 g/mol. The number of aromatic nitrogens is 2. The summed E-state index contributed by atoms with van der Waals surface area (Å²) in [4.78, 5) is 8.44. The molecule has 0 unspecified atom stereocenters. The lowest BCUT2D eigenvalue weighted by molar-refractivity contribution is 0.588. The Balaban J connectivity index is 2.11. The Morgan fingerprint density at radius 1 is 1.19 bits per heavy atom. The third kappa shape index (κ3) is 2.95. The SMILES string of the molecule is CP(C)(=O)c1ccccc1Nc1nc(Cl)nc2ccsc12. The molecule has 0 spiro atoms. The molecule has 0 radical (unpaired) electrons. The number of benzene rings is 1. The second-order valence-corrected chi connectivity index (χ2v) is 9.41. The maximum Gasteiger partial charge on any atom is 0.224 e. The van der Waals surface area contributed by atoms with Gasteiger partial charge in [-0.3, -0.25) is 0 Å². The topological polar surface area (TPSA) is 54.9 Å². The van der Waals surface area contributed by atoms with Gasteiger partial charge in [0.05, 0.1) is 15.9 Å². The minimum Gasteiger partial charge on any atom is -0.338 e. The summed E-state index contributed by atoms with van der Waals surface area (Å²) < 4.78 is 13.3. The van der Waals surface area contributed by atoms with Crippen LogP contribution in [0.1, 0.15) is 0 Å². The molecule has 0 bridgehead atoms. The smallest absolute Gasteiger partial charge is 0.224 e. The molecule has 0 aliphatic heterocycles. The third-order valence-corrected chi connectivity index (χ3v) is 5.64. The van der Waals surface area contributed by atoms with E-state index in [9.17, 15) is 4.57 Å². The van der Waals surface area contributed by atoms with E-state index in [4.69, 9.17) is 11.6 Å². The Kier molecular flexibility index (Phi) is 3.74. The summed E-state index contributed by atoms with van der Waals surface area (Å²) in [7, 11) is -2.39. The molecule has 108 valence electrons. The predicted molar refractivity (Wildman–Crippen MR) is 91.2 cm³/mol. The number of hydrogen-bond donors (Lipinski definition) is 1. The van der Waals surface area contributed by atoms with E-state index < -0.39 is 7.14 Å². The van der Waals surface area contributed by atoms with Crippen molar-refractivity contribution in [1.82, 2.24) is 9.97 Å². The van der Waals surface area contributed by atoms with Gasteiger partial charge >= 0.3 is 0 Å². The minimum atomic E-state index is -2.39. The first-order valence-corrected chi connectivity index (χ1v) is 10.1. The second-order valence-electron chi connectivity index (χ2n) is 4.97. The minimum absolute atomic E-state index is 0.192. The number of nitrogens with one attached hydrogen (secondary N) is 1. The van der Waals surface area contributed by atoms with Gasteiger partial charge in [-0.15, -0.1) is 11.3 Å². The second kappa shape index (κ2) is 5.41. The summed E-state index contributed by atoms with van der Waals surface area (Å²) in [5.74, 6) is 0.640. The van der Waals surface area contributed by atoms with Gasteiger partial charge in [0.15, 0.2) is 5.82 Å². The quantitative estimate of drug-likeness (QED) is 0.570. The molecule has 0 aliphatic rings. The molecule has 1 aromatic carbocycles. The zero-order valence-electron chi connectivity index (χ0n) is 11.5. The maximum atomic E-state index is 12.4. The van der Waals surface area contributed by atoms with Crippen molar-refractivity contribution in [3.63, 3.8) is 0 Å². The highest BCUT2D eigenvalue weighted by Crippen LogP contribution is 2.39. The Hall–Kier alpha value is -1.42. The number of nitrogens with zero attached hydrogens (tertiary/aromatic N) is 2. The van der Waals surface area contributed by atoms with Crippen LogP contribution in [-0.4, -0.2) is 23.3 Å². The fourth-order valence-corrected chi connectivity index (χ4v) is 4.20. The Bertz CT molecular complexity index is 858. The highest BCUT2D eigenvalue weighted by molar-refractivity contribution is 7.70. The predicted octanol–water partition coefficient (Wildman–Crippen LogP) is 4.34. The molecular formula is C14H13ClN3OPS. The standard InChI is InChI=1S/C14H13ClN3OPS/c1-20(2,19)11-6-4-3-5-9(11)16-13-12-10(7-8-21-12)17-14(15)18-13/h3-8H,1-2H3,(H,16,17,18). The van der Waals surface area contributed by atoms with Gasteiger partial charge in [-0.1, -0.05) is 12.1 Å². The number of para-hydroxylation sites is 1. The summed E-state index contributed by atoms with van der Waals surface area (Å²) in [6, 6.07) is 9.45. The lowest BCUT2D eigenvalue weighted by Crippen LogP contribution is -2.10. The summed E-state index contributed by atoms with van der Waals surface area (Å²) in [5.41, 5.74) is 1.59. The van der Waals surface area contributed by atoms with Crippen LogP contribution >= 0.6 is 30.1 Å². The van der Waals surface area contributed by atoms with Gasteiger partial charge in [-0.25, -0.2) is 4.98 Å². The van der Waals surface area contributed by atoms with Crippen LogP contribution < -0.4 is 10.6 Å². The van der Waals surface area contributed by atoms with Gasteiger partial charge in [0, 0.05) is 5.30 Å². The van der Waals surface area contributed by atoms with Gasteiger partial charge in [0.25, 0.3) is 0 Å². The van der Waals surface area contributed by atoms with Gasteiger partial charge in [-0.2, -0.15) is 4.98 Å². The highest BCUT2D eigenvalue weighted by atomic mass is 35.5. The Morgan fingerprint density at radius 2 is 1.95 bits per heavy atom. The molecule has 0 atom stereocenters. The Morgan fingerprint density at radius 3 is 2.71 bits per heavy atom. The third-order valence-electron chi connectivity index (χ3n) is 3.01. The molecule has 3 aromatic rings. The van der Waals surface area contributed by atoms with Crippen molar-refractivity contribution in [3.8, 4) is 0 Å². The number of halogens is 1. The molecule has 0 amide bonds. The van der Waals surface area contributed by atoms with E-state index in [1.54, 1.807) is 24.7 Å². The largest absolute Gasteiger partial charge is 0.338 e. The maximum absolute atomic E-state index is 12.4. The fraction of sp³-hybridized carbons (Fsp3) is 0.143. The zero-order valence-corrected chi connectivity index (χ0v) is 14.0. The summed E-state index contributed by atoms with van der Waals surface area (Å²) in [6.07, 6.45) is 0. The molecule has 1 N–H and O–H groups in total. The van der Waals surface area contributed by atoms with E-state index in [0.29, 0.717) is 5.82 Å². The van der Waals surface area contributed by atoms with E-state index in [1.165, 1.54) is 0 Å². The molecule has 3 rings (SSSR count). The van der Waals surface area contributed by atoms with Crippen molar-refractivity contribution in [2.75, 3.05) is 18.6 Å². The summed E-state index contributed by atoms with van der Waals surface area (Å²) in [6.45, 7) is 3.50. The van der Waals surface area contributed by atoms with Crippen LogP contribution in [0.15, 0.2) is 35.7 Å². The van der Waals surface area contributed by atoms with Crippen LogP contribution in [0.2, 0.25) is 5.28 Å². The molecular weight excluding hydrogens is 325 g/mol. The number of rotatable bonds is 3. The lowest BCUT2D eigenvalue weighted by atomic mass is 10.3. The number of anilines is 2. The van der Waals surface area contributed by atoms with E-state index in [0.717, 1.165) is 21.2 Å². The van der Waals surface area contributed by atoms with Crippen molar-refractivity contribution in [2.45, 2.75) is 0 Å². The molecule has 2 heterocycles. The van der Waals surface area contributed by atoms with Crippen molar-refractivity contribution in [2.24, 2.45) is 0 Å². The fourth-order valence-electron chi connectivity index (χ4n) is 2.10. The van der Waals surface area contributed by atoms with Crippen LogP contribution in [0.5, 0.6) is 0 Å². The van der Waals surface area contributed by atoms with E-state index in [-0.39, 0.29) is 5.28 Å². The average Bonchev–Trinajstić information content (AvgIpc) is 2.86. The van der Waals surface area contributed by atoms with Crippen molar-refractivity contribution in [3.05, 3.63) is 41.0 Å². The summed E-state index contributed by atoms with van der Waals surface area (Å²) in [5, 5.41) is 6.18. The lowest BCUT2D eigenvalue weighted by Gasteiger charge is -2.14. The van der Waals surface area contributed by atoms with Crippen molar-refractivity contribution >= 4 is 57.1 Å². The van der Waals surface area contributed by atoms with Gasteiger partial charge < -0.3 is 9.88 Å². The molecule has 2 aromatic heterocycles. The first-order chi connectivity index (χ1) is 9.95. The molecule has 4 nitrogen and oxygen atoms in total. The highest BCUT2D eigenvalue weighted by Gasteiger charge is 2.17. The molecule has 0 fully saturated rings. The average molecular weight is 338 g/mol. The number of fused-ring (bicyclic) bond motifs is 1. The number of hydrogen-bond acceptors (Lipinski definition) is 5. The van der Waals surface area contributed by atoms with E-state index >= 15 is 0 Å². The molecule has 0 aliphatic carbocycles. The van der Waals surface area contributed by atoms with Crippen LogP contribution in [-0.2, 0) is 4.57 Å². The molecule has 21 heavy (non-hydrogen) atoms. The van der Waals surface area contributed by atoms with Crippen LogP contribution in [0, 0.1) is 0 Å². The normalized spacial score (nSPS) is 11.8. The molecule has 7 heteroatoms. The molecule has 0 saturated carbocycles. The van der Waals surface area contributed by atoms with Gasteiger partial charge in [0.1, 0.15) is 7.14 Å². The van der Waals surface area contributed by atoms with Crippen LogP contribution in [0.4, 0.5) is 11.5 Å². The molecule has 0 saturated heterocycles. The zero-order chi connectivity index (χ0) is 15.0.